The van der Waals surface area contributed by atoms with Crippen LogP contribution in [-0.4, -0.2) is 27.7 Å². The van der Waals surface area contributed by atoms with E-state index in [0.29, 0.717) is 18.0 Å². The number of nitrogens with zero attached hydrogens (tertiary/aromatic N) is 1. The van der Waals surface area contributed by atoms with E-state index in [2.05, 4.69) is 0 Å². The summed E-state index contributed by atoms with van der Waals surface area (Å²) >= 11 is 0. The Morgan fingerprint density at radius 2 is 2.10 bits per heavy atom. The number of hydrogen-bond donors (Lipinski definition) is 0. The summed E-state index contributed by atoms with van der Waals surface area (Å²) in [5.41, 5.74) is 1.65. The summed E-state index contributed by atoms with van der Waals surface area (Å²) in [5.74, 6) is 0. The van der Waals surface area contributed by atoms with Crippen LogP contribution in [0.15, 0.2) is 23.1 Å². The summed E-state index contributed by atoms with van der Waals surface area (Å²) in [4.78, 5) is 14.3. The monoisotopic (exact) mass is 315 g/mol. The molecule has 110 valence electrons. The highest BCUT2D eigenvalue weighted by Crippen LogP contribution is 2.25. The summed E-state index contributed by atoms with van der Waals surface area (Å²) in [6, 6.07) is 5.47. The van der Waals surface area contributed by atoms with Crippen LogP contribution in [0.3, 0.4) is 0 Å². The topological polar surface area (TPSA) is 52.6 Å². The minimum atomic E-state index is -1.49. The molecule has 0 N–H and O–H groups in total. The van der Waals surface area contributed by atoms with Crippen molar-refractivity contribution in [3.63, 3.8) is 0 Å². The Morgan fingerprint density at radius 3 is 2.70 bits per heavy atom. The van der Waals surface area contributed by atoms with Crippen molar-refractivity contribution in [1.29, 1.82) is 0 Å². The van der Waals surface area contributed by atoms with Gasteiger partial charge in [0, 0.05) is 13.1 Å². The van der Waals surface area contributed by atoms with Crippen LogP contribution >= 0.6 is 10.7 Å². The maximum absolute atomic E-state index is 12.0. The fourth-order valence-corrected chi connectivity index (χ4v) is 2.81. The van der Waals surface area contributed by atoms with E-state index in [9.17, 15) is 9.35 Å². The molecular weight excluding hydrogens is 298 g/mol. The third-order valence-electron chi connectivity index (χ3n) is 3.03. The Labute approximate surface area is 126 Å². The molecule has 0 bridgehead atoms. The van der Waals surface area contributed by atoms with Gasteiger partial charge in [0.2, 0.25) is 0 Å². The Bertz CT molecular complexity index is 514. The van der Waals surface area contributed by atoms with Gasteiger partial charge in [-0.15, -0.1) is 0 Å². The molecule has 1 amide bonds. The largest absolute Gasteiger partial charge is 0.594 e. The zero-order chi connectivity index (χ0) is 14.9. The van der Waals surface area contributed by atoms with Crippen LogP contribution < -0.4 is 0 Å². The number of rotatable bonds is 1. The molecule has 0 saturated carbocycles. The van der Waals surface area contributed by atoms with Gasteiger partial charge in [-0.25, -0.2) is 4.79 Å². The average Bonchev–Trinajstić information content (AvgIpc) is 2.35. The van der Waals surface area contributed by atoms with E-state index in [4.69, 9.17) is 15.4 Å². The second kappa shape index (κ2) is 5.84. The van der Waals surface area contributed by atoms with Crippen molar-refractivity contribution in [2.75, 3.05) is 6.54 Å². The van der Waals surface area contributed by atoms with Crippen molar-refractivity contribution < 1.29 is 14.1 Å². The highest BCUT2D eigenvalue weighted by atomic mass is 35.7. The first kappa shape index (κ1) is 15.5. The van der Waals surface area contributed by atoms with Crippen LogP contribution in [0, 0.1) is 0 Å². The quantitative estimate of drug-likeness (QED) is 0.748. The molecule has 0 fully saturated rings. The lowest BCUT2D eigenvalue weighted by atomic mass is 10.0. The average molecular weight is 316 g/mol. The fourth-order valence-electron chi connectivity index (χ4n) is 2.11. The second-order valence-electron chi connectivity index (χ2n) is 5.81. The highest BCUT2D eigenvalue weighted by Gasteiger charge is 2.26. The lowest BCUT2D eigenvalue weighted by Crippen LogP contribution is -2.39. The molecule has 1 aromatic carbocycles. The molecule has 6 heteroatoms. The number of carbonyl (C=O) groups excluding carboxylic acids is 1. The molecule has 1 aliphatic rings. The summed E-state index contributed by atoms with van der Waals surface area (Å²) in [7, 11) is 4.09. The minimum absolute atomic E-state index is 0.298. The van der Waals surface area contributed by atoms with E-state index in [-0.39, 0.29) is 6.09 Å². The Hall–Kier alpha value is -0.910. The number of fused-ring (bicyclic) bond motifs is 1. The maximum Gasteiger partial charge on any atom is 0.410 e. The first-order chi connectivity index (χ1) is 9.26. The van der Waals surface area contributed by atoms with E-state index in [1.54, 1.807) is 11.0 Å². The zero-order valence-corrected chi connectivity index (χ0v) is 13.4. The first-order valence-corrected chi connectivity index (χ1v) is 8.41. The maximum atomic E-state index is 12.0. The van der Waals surface area contributed by atoms with Crippen LogP contribution in [0.2, 0.25) is 0 Å². The van der Waals surface area contributed by atoms with E-state index in [1.807, 2.05) is 32.9 Å². The molecule has 1 unspecified atom stereocenters. The lowest BCUT2D eigenvalue weighted by Gasteiger charge is -2.31. The second-order valence-corrected chi connectivity index (χ2v) is 7.57. The van der Waals surface area contributed by atoms with Crippen molar-refractivity contribution in [2.45, 2.75) is 44.2 Å². The fraction of sp³-hybridized carbons (Fsp3) is 0.500. The van der Waals surface area contributed by atoms with Crippen molar-refractivity contribution in [1.82, 2.24) is 4.90 Å². The first-order valence-electron chi connectivity index (χ1n) is 6.44. The normalized spacial score (nSPS) is 16.6. The summed E-state index contributed by atoms with van der Waals surface area (Å²) in [6.07, 6.45) is 0.421. The van der Waals surface area contributed by atoms with Gasteiger partial charge in [0.15, 0.2) is 15.6 Å². The standard InChI is InChI=1S/C14H18ClNO3S/c1-14(2,3)19-13(17)16-7-6-10-8-12(20(15)18)5-4-11(10)9-16/h4-5,8H,6-7,9H2,1-3H3. The third-order valence-corrected chi connectivity index (χ3v) is 4.19. The molecule has 0 radical (unpaired) electrons. The number of hydrogen-bond acceptors (Lipinski definition) is 3. The zero-order valence-electron chi connectivity index (χ0n) is 11.8. The SMILES string of the molecule is CC(C)(C)OC(=O)N1CCc2cc([S+]([O-])Cl)ccc2C1. The highest BCUT2D eigenvalue weighted by molar-refractivity contribution is 8.13. The predicted octanol–water partition coefficient (Wildman–Crippen LogP) is 3.24. The van der Waals surface area contributed by atoms with Gasteiger partial charge >= 0.3 is 6.09 Å². The van der Waals surface area contributed by atoms with E-state index in [0.717, 1.165) is 17.5 Å². The Balaban J connectivity index is 2.10. The van der Waals surface area contributed by atoms with Crippen LogP contribution in [0.4, 0.5) is 4.79 Å². The van der Waals surface area contributed by atoms with Crippen LogP contribution in [-0.2, 0) is 28.1 Å². The van der Waals surface area contributed by atoms with Gasteiger partial charge in [-0.05, 0) is 50.5 Å². The molecule has 20 heavy (non-hydrogen) atoms. The summed E-state index contributed by atoms with van der Waals surface area (Å²) in [6.45, 7) is 6.67. The van der Waals surface area contributed by atoms with Crippen molar-refractivity contribution in [3.05, 3.63) is 29.3 Å². The lowest BCUT2D eigenvalue weighted by molar-refractivity contribution is 0.0224. The number of benzene rings is 1. The molecule has 0 aliphatic carbocycles. The Kier molecular flexibility index (Phi) is 4.52. The molecule has 0 spiro atoms. The van der Waals surface area contributed by atoms with Gasteiger partial charge < -0.3 is 14.2 Å². The van der Waals surface area contributed by atoms with Crippen LogP contribution in [0.5, 0.6) is 0 Å². The molecular formula is C14H18ClNO3S. The van der Waals surface area contributed by atoms with Gasteiger partial charge in [-0.2, -0.15) is 0 Å². The van der Waals surface area contributed by atoms with Gasteiger partial charge in [0.25, 0.3) is 0 Å². The minimum Gasteiger partial charge on any atom is -0.594 e. The number of carbonyl (C=O) groups is 1. The number of amides is 1. The van der Waals surface area contributed by atoms with Crippen LogP contribution in [0.25, 0.3) is 0 Å². The van der Waals surface area contributed by atoms with Crippen LogP contribution in [0.1, 0.15) is 31.9 Å². The van der Waals surface area contributed by atoms with E-state index < -0.39 is 16.0 Å². The van der Waals surface area contributed by atoms with Gasteiger partial charge in [0.05, 0.1) is 0 Å². The summed E-state index contributed by atoms with van der Waals surface area (Å²) < 4.78 is 16.6. The van der Waals surface area contributed by atoms with Gasteiger partial charge in [-0.1, -0.05) is 6.07 Å². The Morgan fingerprint density at radius 1 is 1.40 bits per heavy atom. The number of halogens is 1. The van der Waals surface area contributed by atoms with E-state index >= 15 is 0 Å². The number of ether oxygens (including phenoxy) is 1. The predicted molar refractivity (Wildman–Crippen MR) is 79.1 cm³/mol. The summed E-state index contributed by atoms with van der Waals surface area (Å²) in [5, 5.41) is 0. The molecule has 0 aromatic heterocycles. The van der Waals surface area contributed by atoms with Gasteiger partial charge in [0.1, 0.15) is 16.0 Å². The molecule has 0 saturated heterocycles. The molecule has 4 nitrogen and oxygen atoms in total. The molecule has 1 aliphatic heterocycles. The molecule has 1 atom stereocenters. The molecule has 2 rings (SSSR count). The van der Waals surface area contributed by atoms with Crippen molar-refractivity contribution in [3.8, 4) is 0 Å². The van der Waals surface area contributed by atoms with Gasteiger partial charge in [-0.3, -0.25) is 0 Å². The van der Waals surface area contributed by atoms with Crippen molar-refractivity contribution >= 4 is 27.2 Å². The van der Waals surface area contributed by atoms with E-state index in [1.165, 1.54) is 0 Å². The third kappa shape index (κ3) is 3.81. The smallest absolute Gasteiger partial charge is 0.410 e. The molecule has 1 heterocycles. The van der Waals surface area contributed by atoms with Crippen molar-refractivity contribution in [2.24, 2.45) is 0 Å². The molecule has 1 aromatic rings.